The number of hydrogen-bond donors (Lipinski definition) is 1. The minimum atomic E-state index is -0.740. The number of Topliss-reactive ketones (excluding diaryl/α,β-unsaturated/α-hetero) is 1. The van der Waals surface area contributed by atoms with E-state index in [0.717, 1.165) is 35.1 Å². The number of anilines is 2. The van der Waals surface area contributed by atoms with Crippen molar-refractivity contribution in [2.24, 2.45) is 0 Å². The number of imide groups is 1. The van der Waals surface area contributed by atoms with Gasteiger partial charge in [0.25, 0.3) is 17.7 Å². The monoisotopic (exact) mass is 745 g/mol. The highest BCUT2D eigenvalue weighted by Gasteiger charge is 2.46. The second-order valence-electron chi connectivity index (χ2n) is 11.7. The SMILES string of the molecule is C=CC=C.C=CCN1C(=O)c2cccc3c(N4CCOCC4)ccc(c23)C1=O.O=C(C1=C(O)C(=O)N(c2nncs2)C1c1ccccc1)c1cccs1. The molecule has 1 saturated heterocycles. The average molecular weight is 746 g/mol. The largest absolute Gasteiger partial charge is 0.503 e. The standard InChI is InChI=1S/C19H18N2O3.C17H11N3O3S2.C4H6/c1-2-8-21-18(22)14-5-3-4-13-16(20-9-11-24-12-10-20)7-6-15(17(13)14)19(21)23;21-14(11-7-4-8-24-11)12-13(10-5-2-1-3-6-10)20(16(23)15(12)22)17-19-18-9-25-17;1-3-4-2/h2-7H,1,8-12H2;1-9,13,22H;3-4H,1-2H2. The van der Waals surface area contributed by atoms with E-state index in [0.29, 0.717) is 34.3 Å². The van der Waals surface area contributed by atoms with Gasteiger partial charge in [0.2, 0.25) is 10.9 Å². The van der Waals surface area contributed by atoms with Crippen LogP contribution in [0, 0.1) is 0 Å². The zero-order chi connectivity index (χ0) is 37.5. The van der Waals surface area contributed by atoms with Crippen LogP contribution in [0.1, 0.15) is 42.0 Å². The predicted octanol–water partition coefficient (Wildman–Crippen LogP) is 7.20. The van der Waals surface area contributed by atoms with Crippen LogP contribution in [0.2, 0.25) is 0 Å². The molecule has 11 nitrogen and oxygen atoms in total. The van der Waals surface area contributed by atoms with Crippen LogP contribution in [0.15, 0.2) is 133 Å². The molecule has 3 aliphatic heterocycles. The Morgan fingerprint density at radius 2 is 1.58 bits per heavy atom. The number of ketones is 1. The minimum Gasteiger partial charge on any atom is -0.503 e. The van der Waals surface area contributed by atoms with E-state index in [9.17, 15) is 24.3 Å². The number of aliphatic hydroxyl groups excluding tert-OH is 1. The van der Waals surface area contributed by atoms with Crippen molar-refractivity contribution in [2.45, 2.75) is 6.04 Å². The molecule has 3 amide bonds. The molecule has 5 aromatic rings. The number of benzene rings is 3. The number of amides is 3. The maximum Gasteiger partial charge on any atom is 0.296 e. The Bertz CT molecular complexity index is 2180. The van der Waals surface area contributed by atoms with Gasteiger partial charge >= 0.3 is 0 Å². The Hall–Kier alpha value is -6.02. The third-order valence-corrected chi connectivity index (χ3v) is 10.2. The number of aliphatic hydroxyl groups is 1. The third-order valence-electron chi connectivity index (χ3n) is 8.67. The van der Waals surface area contributed by atoms with Gasteiger partial charge in [0.15, 0.2) is 5.76 Å². The number of allylic oxidation sites excluding steroid dienone is 2. The summed E-state index contributed by atoms with van der Waals surface area (Å²) in [6.45, 7) is 13.6. The Kier molecular flexibility index (Phi) is 11.5. The number of carbonyl (C=O) groups excluding carboxylic acids is 4. The normalized spacial score (nSPS) is 16.5. The maximum atomic E-state index is 12.9. The van der Waals surface area contributed by atoms with Crippen molar-refractivity contribution in [1.82, 2.24) is 15.1 Å². The first-order chi connectivity index (χ1) is 25.8. The lowest BCUT2D eigenvalue weighted by Gasteiger charge is -2.32. The van der Waals surface area contributed by atoms with Gasteiger partial charge in [-0.3, -0.25) is 29.0 Å². The topological polar surface area (TPSA) is 133 Å². The van der Waals surface area contributed by atoms with Crippen LogP contribution in [0.4, 0.5) is 10.8 Å². The Labute approximate surface area is 314 Å². The van der Waals surface area contributed by atoms with Gasteiger partial charge in [0.1, 0.15) is 5.51 Å². The van der Waals surface area contributed by atoms with Gasteiger partial charge in [0, 0.05) is 47.2 Å². The third kappa shape index (κ3) is 7.22. The Morgan fingerprint density at radius 3 is 2.21 bits per heavy atom. The fourth-order valence-electron chi connectivity index (χ4n) is 6.30. The molecule has 0 bridgehead atoms. The van der Waals surface area contributed by atoms with Crippen molar-refractivity contribution in [2.75, 3.05) is 42.6 Å². The molecule has 13 heteroatoms. The number of ether oxygens (including phenoxy) is 1. The Morgan fingerprint density at radius 1 is 0.868 bits per heavy atom. The average Bonchev–Trinajstić information content (AvgIpc) is 3.99. The van der Waals surface area contributed by atoms with Gasteiger partial charge in [-0.1, -0.05) is 91.3 Å². The summed E-state index contributed by atoms with van der Waals surface area (Å²) < 4.78 is 5.42. The van der Waals surface area contributed by atoms with Crippen LogP contribution >= 0.6 is 22.7 Å². The summed E-state index contributed by atoms with van der Waals surface area (Å²) in [5, 5.41) is 22.0. The molecule has 3 aliphatic rings. The smallest absolute Gasteiger partial charge is 0.296 e. The number of aromatic nitrogens is 2. The summed E-state index contributed by atoms with van der Waals surface area (Å²) in [4.78, 5) is 56.3. The van der Waals surface area contributed by atoms with Gasteiger partial charge in [-0.15, -0.1) is 28.1 Å². The maximum absolute atomic E-state index is 12.9. The minimum absolute atomic E-state index is 0.0638. The van der Waals surface area contributed by atoms with Crippen LogP contribution in [0.3, 0.4) is 0 Å². The molecule has 268 valence electrons. The summed E-state index contributed by atoms with van der Waals surface area (Å²) in [6, 6.07) is 21.3. The zero-order valence-electron chi connectivity index (χ0n) is 28.6. The highest BCUT2D eigenvalue weighted by Crippen LogP contribution is 2.42. The van der Waals surface area contributed by atoms with Gasteiger partial charge in [-0.05, 0) is 35.2 Å². The van der Waals surface area contributed by atoms with Crippen molar-refractivity contribution in [3.63, 3.8) is 0 Å². The van der Waals surface area contributed by atoms with Crippen LogP contribution in [0.5, 0.6) is 0 Å². The van der Waals surface area contributed by atoms with Gasteiger partial charge < -0.3 is 14.7 Å². The van der Waals surface area contributed by atoms with Crippen LogP contribution in [-0.2, 0) is 9.53 Å². The molecule has 1 atom stereocenters. The summed E-state index contributed by atoms with van der Waals surface area (Å²) in [5.74, 6) is -2.05. The molecule has 5 heterocycles. The number of carbonyl (C=O) groups is 4. The lowest BCUT2D eigenvalue weighted by atomic mass is 9.92. The highest BCUT2D eigenvalue weighted by molar-refractivity contribution is 7.13. The molecule has 2 aromatic heterocycles. The van der Waals surface area contributed by atoms with Gasteiger partial charge in [-0.25, -0.2) is 0 Å². The fourth-order valence-corrected chi connectivity index (χ4v) is 7.57. The molecule has 1 N–H and O–H groups in total. The summed E-state index contributed by atoms with van der Waals surface area (Å²) in [6.07, 6.45) is 4.85. The first-order valence-electron chi connectivity index (χ1n) is 16.6. The van der Waals surface area contributed by atoms with E-state index in [-0.39, 0.29) is 29.7 Å². The fraction of sp³-hybridized carbons (Fsp3) is 0.150. The van der Waals surface area contributed by atoms with E-state index in [1.54, 1.807) is 41.8 Å². The van der Waals surface area contributed by atoms with Crippen molar-refractivity contribution in [1.29, 1.82) is 0 Å². The molecule has 1 unspecified atom stereocenters. The van der Waals surface area contributed by atoms with Crippen molar-refractivity contribution >= 4 is 67.8 Å². The lowest BCUT2D eigenvalue weighted by Crippen LogP contribution is -2.40. The van der Waals surface area contributed by atoms with E-state index in [4.69, 9.17) is 4.74 Å². The molecule has 1 fully saturated rings. The lowest BCUT2D eigenvalue weighted by molar-refractivity contribution is -0.117. The van der Waals surface area contributed by atoms with E-state index < -0.39 is 17.7 Å². The van der Waals surface area contributed by atoms with E-state index in [1.807, 2.05) is 54.6 Å². The summed E-state index contributed by atoms with van der Waals surface area (Å²) >= 11 is 2.44. The second-order valence-corrected chi connectivity index (χ2v) is 13.5. The van der Waals surface area contributed by atoms with Gasteiger partial charge in [-0.2, -0.15) is 0 Å². The first-order valence-corrected chi connectivity index (χ1v) is 18.3. The van der Waals surface area contributed by atoms with Crippen LogP contribution in [0.25, 0.3) is 10.8 Å². The van der Waals surface area contributed by atoms with E-state index in [2.05, 4.69) is 34.8 Å². The molecule has 0 spiro atoms. The van der Waals surface area contributed by atoms with Crippen molar-refractivity contribution in [3.05, 3.63) is 155 Å². The van der Waals surface area contributed by atoms with Crippen LogP contribution in [-0.4, -0.2) is 76.6 Å². The second kappa shape index (κ2) is 16.5. The van der Waals surface area contributed by atoms with E-state index >= 15 is 0 Å². The molecule has 0 aliphatic carbocycles. The molecular formula is C40H35N5O6S2. The number of rotatable bonds is 8. The molecule has 3 aromatic carbocycles. The molecule has 0 radical (unpaired) electrons. The molecule has 53 heavy (non-hydrogen) atoms. The summed E-state index contributed by atoms with van der Waals surface area (Å²) in [7, 11) is 0. The zero-order valence-corrected chi connectivity index (χ0v) is 30.2. The number of morpholine rings is 1. The van der Waals surface area contributed by atoms with Gasteiger partial charge in [0.05, 0.1) is 29.7 Å². The van der Waals surface area contributed by atoms with Crippen LogP contribution < -0.4 is 9.80 Å². The first kappa shape index (κ1) is 36.8. The molecule has 0 saturated carbocycles. The summed E-state index contributed by atoms with van der Waals surface area (Å²) in [5.41, 5.74) is 4.50. The number of hydrogen-bond acceptors (Lipinski definition) is 11. The molecular weight excluding hydrogens is 711 g/mol. The van der Waals surface area contributed by atoms with E-state index in [1.165, 1.54) is 38.0 Å². The number of thiophene rings is 1. The highest BCUT2D eigenvalue weighted by atomic mass is 32.1. The van der Waals surface area contributed by atoms with Crippen molar-refractivity contribution in [3.8, 4) is 0 Å². The molecule has 8 rings (SSSR count). The predicted molar refractivity (Wildman–Crippen MR) is 208 cm³/mol. The Balaban J connectivity index is 0.000000165. The van der Waals surface area contributed by atoms with Crippen molar-refractivity contribution < 1.29 is 29.0 Å². The number of nitrogens with zero attached hydrogens (tertiary/aromatic N) is 5. The quantitative estimate of drug-likeness (QED) is 0.0758.